The molecule has 0 unspecified atom stereocenters. The fraction of sp³-hybridized carbons (Fsp3) is 0.308. The van der Waals surface area contributed by atoms with Crippen molar-refractivity contribution in [3.05, 3.63) is 29.8 Å². The number of rotatable bonds is 4. The Hall–Kier alpha value is -2.61. The molecule has 4 N–H and O–H groups in total. The van der Waals surface area contributed by atoms with E-state index < -0.39 is 12.1 Å². The fourth-order valence-corrected chi connectivity index (χ4v) is 1.06. The summed E-state index contributed by atoms with van der Waals surface area (Å²) in [6, 6.07) is 5.74. The summed E-state index contributed by atoms with van der Waals surface area (Å²) >= 11 is 0. The van der Waals surface area contributed by atoms with Crippen LogP contribution in [0.2, 0.25) is 0 Å². The zero-order valence-corrected chi connectivity index (χ0v) is 11.8. The number of benzene rings is 1. The fourth-order valence-electron chi connectivity index (χ4n) is 1.06. The summed E-state index contributed by atoms with van der Waals surface area (Å²) in [6.45, 7) is 2.18. The second kappa shape index (κ2) is 10.2. The van der Waals surface area contributed by atoms with Crippen LogP contribution in [-0.4, -0.2) is 43.3 Å². The van der Waals surface area contributed by atoms with Gasteiger partial charge in [0.1, 0.15) is 5.75 Å². The lowest BCUT2D eigenvalue weighted by molar-refractivity contribution is -0.138. The molecule has 116 valence electrons. The number of hydrogen-bond donors (Lipinski definition) is 3. The first kappa shape index (κ1) is 18.4. The van der Waals surface area contributed by atoms with Gasteiger partial charge in [0.05, 0.1) is 19.2 Å². The summed E-state index contributed by atoms with van der Waals surface area (Å²) in [4.78, 5) is 31.5. The number of carbonyl (C=O) groups excluding carboxylic acids is 2. The summed E-state index contributed by atoms with van der Waals surface area (Å²) < 4.78 is 8.97. The van der Waals surface area contributed by atoms with Gasteiger partial charge in [-0.25, -0.2) is 9.59 Å². The van der Waals surface area contributed by atoms with E-state index in [-0.39, 0.29) is 23.8 Å². The molecular weight excluding hydrogens is 280 g/mol. The van der Waals surface area contributed by atoms with E-state index in [9.17, 15) is 14.4 Å². The van der Waals surface area contributed by atoms with Gasteiger partial charge in [-0.15, -0.1) is 0 Å². The number of esters is 1. The molecule has 0 bridgehead atoms. The van der Waals surface area contributed by atoms with Crippen molar-refractivity contribution >= 4 is 18.0 Å². The van der Waals surface area contributed by atoms with E-state index in [2.05, 4.69) is 10.1 Å². The first-order chi connectivity index (χ1) is 9.94. The lowest BCUT2D eigenvalue weighted by Gasteiger charge is -2.04. The predicted octanol–water partition coefficient (Wildman–Crippen LogP) is 0.611. The monoisotopic (exact) mass is 298 g/mol. The number of carbonyl (C=O) groups is 3. The zero-order valence-electron chi connectivity index (χ0n) is 11.8. The standard InChI is InChI=1S/C10H11NO4.C3H7NO2/c1-2-11-10(14)15-8-5-3-4-7(6-8)9(12)13;1-6-3(5)2-4/h3-6H,2H2,1H3,(H,11,14)(H,12,13);2,4H2,1H3. The smallest absolute Gasteiger partial charge is 0.412 e. The van der Waals surface area contributed by atoms with Crippen molar-refractivity contribution in [1.82, 2.24) is 5.32 Å². The maximum Gasteiger partial charge on any atom is 0.412 e. The molecular formula is C13H18N2O6. The molecule has 0 aromatic heterocycles. The first-order valence-corrected chi connectivity index (χ1v) is 6.00. The Morgan fingerprint density at radius 1 is 1.33 bits per heavy atom. The SMILES string of the molecule is CCNC(=O)Oc1cccc(C(=O)O)c1.COC(=O)CN. The van der Waals surface area contributed by atoms with E-state index in [1.807, 2.05) is 0 Å². The van der Waals surface area contributed by atoms with Crippen molar-refractivity contribution in [3.63, 3.8) is 0 Å². The number of nitrogens with two attached hydrogens (primary N) is 1. The lowest BCUT2D eigenvalue weighted by atomic mass is 10.2. The highest BCUT2D eigenvalue weighted by molar-refractivity contribution is 5.88. The van der Waals surface area contributed by atoms with Crippen LogP contribution in [0, 0.1) is 0 Å². The van der Waals surface area contributed by atoms with Gasteiger partial charge in [-0.05, 0) is 25.1 Å². The van der Waals surface area contributed by atoms with Crippen LogP contribution in [0.15, 0.2) is 24.3 Å². The van der Waals surface area contributed by atoms with Crippen LogP contribution in [0.3, 0.4) is 0 Å². The average Bonchev–Trinajstić information content (AvgIpc) is 2.47. The van der Waals surface area contributed by atoms with Crippen molar-refractivity contribution < 1.29 is 29.0 Å². The van der Waals surface area contributed by atoms with Crippen LogP contribution < -0.4 is 15.8 Å². The van der Waals surface area contributed by atoms with E-state index in [0.717, 1.165) is 0 Å². The third kappa shape index (κ3) is 8.22. The number of hydrogen-bond acceptors (Lipinski definition) is 6. The number of methoxy groups -OCH3 is 1. The van der Waals surface area contributed by atoms with Crippen molar-refractivity contribution in [3.8, 4) is 5.75 Å². The van der Waals surface area contributed by atoms with Gasteiger partial charge in [0.25, 0.3) is 0 Å². The van der Waals surface area contributed by atoms with Crippen LogP contribution in [0.5, 0.6) is 5.75 Å². The third-order valence-corrected chi connectivity index (χ3v) is 2.01. The number of amides is 1. The molecule has 0 heterocycles. The molecule has 1 rings (SSSR count). The van der Waals surface area contributed by atoms with E-state index >= 15 is 0 Å². The molecule has 0 spiro atoms. The number of carboxylic acids is 1. The van der Waals surface area contributed by atoms with E-state index in [1.54, 1.807) is 6.92 Å². The maximum atomic E-state index is 11.0. The van der Waals surface area contributed by atoms with Crippen molar-refractivity contribution in [2.75, 3.05) is 20.2 Å². The summed E-state index contributed by atoms with van der Waals surface area (Å²) in [5, 5.41) is 11.1. The molecule has 0 saturated heterocycles. The minimum Gasteiger partial charge on any atom is -0.478 e. The number of aromatic carboxylic acids is 1. The van der Waals surface area contributed by atoms with Crippen LogP contribution in [-0.2, 0) is 9.53 Å². The molecule has 0 aliphatic carbocycles. The molecule has 21 heavy (non-hydrogen) atoms. The summed E-state index contributed by atoms with van der Waals surface area (Å²) in [5.41, 5.74) is 4.89. The van der Waals surface area contributed by atoms with Crippen molar-refractivity contribution in [2.45, 2.75) is 6.92 Å². The molecule has 1 aromatic rings. The average molecular weight is 298 g/mol. The molecule has 1 amide bonds. The normalized spacial score (nSPS) is 8.90. The van der Waals surface area contributed by atoms with Crippen molar-refractivity contribution in [2.24, 2.45) is 5.73 Å². The summed E-state index contributed by atoms with van der Waals surface area (Å²) in [6.07, 6.45) is -0.597. The Morgan fingerprint density at radius 3 is 2.43 bits per heavy atom. The Labute approximate surface area is 121 Å². The van der Waals surface area contributed by atoms with E-state index in [0.29, 0.717) is 6.54 Å². The van der Waals surface area contributed by atoms with Gasteiger partial charge in [0.2, 0.25) is 0 Å². The Balaban J connectivity index is 0.000000567. The minimum atomic E-state index is -1.06. The van der Waals surface area contributed by atoms with Gasteiger partial charge in [-0.1, -0.05) is 6.07 Å². The highest BCUT2D eigenvalue weighted by Crippen LogP contribution is 2.13. The summed E-state index contributed by atoms with van der Waals surface area (Å²) in [5.74, 6) is -1.23. The molecule has 1 aromatic carbocycles. The molecule has 8 nitrogen and oxygen atoms in total. The predicted molar refractivity (Wildman–Crippen MR) is 74.2 cm³/mol. The number of ether oxygens (including phenoxy) is 2. The van der Waals surface area contributed by atoms with Crippen LogP contribution in [0.4, 0.5) is 4.79 Å². The maximum absolute atomic E-state index is 11.0. The molecule has 0 fully saturated rings. The zero-order chi connectivity index (χ0) is 16.3. The Morgan fingerprint density at radius 2 is 2.00 bits per heavy atom. The van der Waals surface area contributed by atoms with Crippen LogP contribution in [0.1, 0.15) is 17.3 Å². The minimum absolute atomic E-state index is 0.0312. The third-order valence-electron chi connectivity index (χ3n) is 2.01. The second-order valence-corrected chi connectivity index (χ2v) is 3.53. The van der Waals surface area contributed by atoms with Gasteiger partial charge >= 0.3 is 18.0 Å². The molecule has 0 aliphatic heterocycles. The quantitative estimate of drug-likeness (QED) is 0.695. The van der Waals surface area contributed by atoms with Gasteiger partial charge < -0.3 is 25.6 Å². The molecule has 0 saturated carbocycles. The Bertz CT molecular complexity index is 483. The molecule has 0 radical (unpaired) electrons. The van der Waals surface area contributed by atoms with Crippen LogP contribution >= 0.6 is 0 Å². The van der Waals surface area contributed by atoms with Gasteiger partial charge in [-0.2, -0.15) is 0 Å². The van der Waals surface area contributed by atoms with Gasteiger partial charge in [0.15, 0.2) is 0 Å². The van der Waals surface area contributed by atoms with E-state index in [4.69, 9.17) is 15.6 Å². The van der Waals surface area contributed by atoms with Crippen LogP contribution in [0.25, 0.3) is 0 Å². The summed E-state index contributed by atoms with van der Waals surface area (Å²) in [7, 11) is 1.30. The molecule has 0 atom stereocenters. The second-order valence-electron chi connectivity index (χ2n) is 3.53. The van der Waals surface area contributed by atoms with Gasteiger partial charge in [0, 0.05) is 6.54 Å². The van der Waals surface area contributed by atoms with E-state index in [1.165, 1.54) is 31.4 Å². The number of carboxylic acid groups (broad SMARTS) is 1. The topological polar surface area (TPSA) is 128 Å². The first-order valence-electron chi connectivity index (χ1n) is 6.00. The lowest BCUT2D eigenvalue weighted by Crippen LogP contribution is -2.26. The molecule has 8 heteroatoms. The molecule has 0 aliphatic rings. The number of nitrogens with one attached hydrogen (secondary N) is 1. The Kier molecular flexibility index (Phi) is 8.94. The van der Waals surface area contributed by atoms with Gasteiger partial charge in [-0.3, -0.25) is 4.79 Å². The highest BCUT2D eigenvalue weighted by Gasteiger charge is 2.06. The van der Waals surface area contributed by atoms with Crippen molar-refractivity contribution in [1.29, 1.82) is 0 Å². The highest BCUT2D eigenvalue weighted by atomic mass is 16.6. The largest absolute Gasteiger partial charge is 0.478 e.